The number of carbonyl (C=O) groups excluding carboxylic acids is 1. The first-order valence-electron chi connectivity index (χ1n) is 5.93. The molecule has 0 aliphatic carbocycles. The number of hydrogen-bond acceptors (Lipinski definition) is 7. The molecular formula is C12H13N5O3S. The molecule has 1 heterocycles. The number of aryl methyl sites for hydroxylation is 2. The zero-order valence-corrected chi connectivity index (χ0v) is 12.2. The predicted molar refractivity (Wildman–Crippen MR) is 80.4 cm³/mol. The van der Waals surface area contributed by atoms with Crippen molar-refractivity contribution in [1.82, 2.24) is 4.98 Å². The highest BCUT2D eigenvalue weighted by atomic mass is 32.1. The van der Waals surface area contributed by atoms with Gasteiger partial charge in [-0.05, 0) is 26.0 Å². The molecular weight excluding hydrogens is 294 g/mol. The first-order chi connectivity index (χ1) is 9.92. The number of nitrogens with zero attached hydrogens (tertiary/aromatic N) is 2. The Morgan fingerprint density at radius 1 is 1.43 bits per heavy atom. The van der Waals surface area contributed by atoms with Crippen molar-refractivity contribution >= 4 is 33.8 Å². The number of hydrogen-bond donors (Lipinski definition) is 3. The predicted octanol–water partition coefficient (Wildman–Crippen LogP) is 2.21. The van der Waals surface area contributed by atoms with Crippen LogP contribution in [0.5, 0.6) is 0 Å². The summed E-state index contributed by atoms with van der Waals surface area (Å²) in [4.78, 5) is 27.6. The lowest BCUT2D eigenvalue weighted by Gasteiger charge is -2.05. The Labute approximate surface area is 124 Å². The quantitative estimate of drug-likeness (QED) is 0.452. The zero-order chi connectivity index (χ0) is 15.6. The van der Waals surface area contributed by atoms with Gasteiger partial charge in [0, 0.05) is 16.5 Å². The van der Waals surface area contributed by atoms with Gasteiger partial charge in [-0.15, -0.1) is 11.3 Å². The number of thiazole rings is 1. The lowest BCUT2D eigenvalue weighted by molar-refractivity contribution is -0.384. The normalized spacial score (nSPS) is 10.2. The number of nitrogen functional groups attached to an aromatic ring is 1. The minimum atomic E-state index is -0.607. The molecule has 0 fully saturated rings. The van der Waals surface area contributed by atoms with E-state index < -0.39 is 10.8 Å². The molecule has 0 unspecified atom stereocenters. The molecule has 0 atom stereocenters. The summed E-state index contributed by atoms with van der Waals surface area (Å²) >= 11 is 1.35. The van der Waals surface area contributed by atoms with Crippen LogP contribution in [-0.4, -0.2) is 15.8 Å². The monoisotopic (exact) mass is 307 g/mol. The fourth-order valence-corrected chi connectivity index (χ4v) is 2.45. The van der Waals surface area contributed by atoms with Crippen LogP contribution in [-0.2, 0) is 0 Å². The summed E-state index contributed by atoms with van der Waals surface area (Å²) in [5, 5.41) is 14.0. The van der Waals surface area contributed by atoms with Crippen LogP contribution in [0.25, 0.3) is 0 Å². The van der Waals surface area contributed by atoms with E-state index in [2.05, 4.69) is 15.7 Å². The summed E-state index contributed by atoms with van der Waals surface area (Å²) in [6.07, 6.45) is 0. The highest BCUT2D eigenvalue weighted by molar-refractivity contribution is 7.15. The van der Waals surface area contributed by atoms with E-state index in [-0.39, 0.29) is 16.9 Å². The zero-order valence-electron chi connectivity index (χ0n) is 11.3. The van der Waals surface area contributed by atoms with Gasteiger partial charge in [-0.3, -0.25) is 26.1 Å². The lowest BCUT2D eigenvalue weighted by atomic mass is 10.1. The number of benzene rings is 1. The number of hydrazine groups is 1. The molecule has 9 heteroatoms. The molecule has 0 spiro atoms. The second kappa shape index (κ2) is 5.85. The molecule has 0 aliphatic heterocycles. The van der Waals surface area contributed by atoms with Gasteiger partial charge in [0.1, 0.15) is 5.69 Å². The summed E-state index contributed by atoms with van der Waals surface area (Å²) in [5.74, 6) is 4.73. The smallest absolute Gasteiger partial charge is 0.294 e. The number of rotatable bonds is 4. The topological polar surface area (TPSA) is 123 Å². The number of aromatic nitrogens is 1. The minimum Gasteiger partial charge on any atom is -0.318 e. The van der Waals surface area contributed by atoms with E-state index in [0.29, 0.717) is 5.13 Å². The van der Waals surface area contributed by atoms with Crippen molar-refractivity contribution in [3.63, 3.8) is 0 Å². The molecule has 21 heavy (non-hydrogen) atoms. The van der Waals surface area contributed by atoms with E-state index in [4.69, 9.17) is 5.84 Å². The second-order valence-corrected chi connectivity index (χ2v) is 5.45. The first-order valence-corrected chi connectivity index (χ1v) is 6.74. The summed E-state index contributed by atoms with van der Waals surface area (Å²) in [7, 11) is 0. The van der Waals surface area contributed by atoms with Crippen molar-refractivity contribution < 1.29 is 9.72 Å². The highest BCUT2D eigenvalue weighted by Crippen LogP contribution is 2.26. The van der Waals surface area contributed by atoms with Gasteiger partial charge in [-0.25, -0.2) is 4.98 Å². The third-order valence-corrected chi connectivity index (χ3v) is 3.85. The molecule has 0 radical (unpaired) electrons. The molecule has 8 nitrogen and oxygen atoms in total. The minimum absolute atomic E-state index is 0.137. The van der Waals surface area contributed by atoms with Crippen LogP contribution in [0, 0.1) is 24.0 Å². The molecule has 2 aromatic rings. The molecule has 110 valence electrons. The van der Waals surface area contributed by atoms with Crippen molar-refractivity contribution in [3.8, 4) is 0 Å². The van der Waals surface area contributed by atoms with Crippen LogP contribution < -0.4 is 16.6 Å². The lowest BCUT2D eigenvalue weighted by Crippen LogP contribution is -2.14. The van der Waals surface area contributed by atoms with Gasteiger partial charge in [0.15, 0.2) is 5.13 Å². The number of nitrogens with one attached hydrogen (secondary N) is 2. The summed E-state index contributed by atoms with van der Waals surface area (Å²) in [5.41, 5.74) is 3.08. The maximum Gasteiger partial charge on any atom is 0.294 e. The summed E-state index contributed by atoms with van der Waals surface area (Å²) < 4.78 is 0. The van der Waals surface area contributed by atoms with Crippen LogP contribution >= 0.6 is 11.3 Å². The Morgan fingerprint density at radius 2 is 2.14 bits per heavy atom. The number of nitro groups is 1. The number of amides is 1. The maximum absolute atomic E-state index is 12.1. The molecule has 2 rings (SSSR count). The molecule has 1 aromatic carbocycles. The van der Waals surface area contributed by atoms with Gasteiger partial charge in [0.25, 0.3) is 11.6 Å². The van der Waals surface area contributed by atoms with Gasteiger partial charge in [-0.2, -0.15) is 0 Å². The second-order valence-electron chi connectivity index (χ2n) is 4.25. The third kappa shape index (κ3) is 3.15. The van der Waals surface area contributed by atoms with Crippen molar-refractivity contribution in [1.29, 1.82) is 0 Å². The van der Waals surface area contributed by atoms with E-state index >= 15 is 0 Å². The van der Waals surface area contributed by atoms with Crippen LogP contribution in [0.1, 0.15) is 20.9 Å². The van der Waals surface area contributed by atoms with E-state index in [1.54, 1.807) is 0 Å². The summed E-state index contributed by atoms with van der Waals surface area (Å²) in [6, 6.07) is 3.99. The van der Waals surface area contributed by atoms with Crippen LogP contribution in [0.15, 0.2) is 18.2 Å². The molecule has 0 bridgehead atoms. The average Bonchev–Trinajstić information content (AvgIpc) is 2.76. The van der Waals surface area contributed by atoms with Gasteiger partial charge in [0.2, 0.25) is 0 Å². The van der Waals surface area contributed by atoms with E-state index in [1.807, 2.05) is 13.8 Å². The fourth-order valence-electron chi connectivity index (χ4n) is 1.64. The molecule has 4 N–H and O–H groups in total. The fraction of sp³-hybridized carbons (Fsp3) is 0.167. The van der Waals surface area contributed by atoms with Crippen molar-refractivity contribution in [3.05, 3.63) is 44.4 Å². The van der Waals surface area contributed by atoms with Gasteiger partial charge < -0.3 is 5.43 Å². The Bertz CT molecular complexity index is 693. The standard InChI is InChI=1S/C12H13N5O3S/c1-6-7(2)21-12(14-6)15-11(18)8-3-4-9(16-13)10(5-8)17(19)20/h3-5,16H,13H2,1-2H3,(H,14,15,18). The van der Waals surface area contributed by atoms with E-state index in [1.165, 1.54) is 23.5 Å². The molecule has 0 saturated heterocycles. The Balaban J connectivity index is 2.27. The SMILES string of the molecule is Cc1nc(NC(=O)c2ccc(NN)c([N+](=O)[O-])c2)sc1C. The average molecular weight is 307 g/mol. The highest BCUT2D eigenvalue weighted by Gasteiger charge is 2.18. The molecule has 0 aliphatic rings. The van der Waals surface area contributed by atoms with Crippen LogP contribution in [0.4, 0.5) is 16.5 Å². The van der Waals surface area contributed by atoms with Crippen molar-refractivity contribution in [2.45, 2.75) is 13.8 Å². The van der Waals surface area contributed by atoms with Crippen LogP contribution in [0.3, 0.4) is 0 Å². The number of carbonyl (C=O) groups is 1. The number of nitrogens with two attached hydrogens (primary N) is 1. The Hall–Kier alpha value is -2.52. The maximum atomic E-state index is 12.1. The first kappa shape index (κ1) is 14.9. The third-order valence-electron chi connectivity index (χ3n) is 2.86. The van der Waals surface area contributed by atoms with E-state index in [9.17, 15) is 14.9 Å². The number of nitro benzene ring substituents is 1. The molecule has 1 aromatic heterocycles. The number of anilines is 2. The Morgan fingerprint density at radius 3 is 2.67 bits per heavy atom. The molecule has 1 amide bonds. The van der Waals surface area contributed by atoms with Gasteiger partial charge >= 0.3 is 0 Å². The Kier molecular flexibility index (Phi) is 4.15. The van der Waals surface area contributed by atoms with E-state index in [0.717, 1.165) is 16.6 Å². The van der Waals surface area contributed by atoms with Gasteiger partial charge in [-0.1, -0.05) is 0 Å². The van der Waals surface area contributed by atoms with Gasteiger partial charge in [0.05, 0.1) is 10.6 Å². The summed E-state index contributed by atoms with van der Waals surface area (Å²) in [6.45, 7) is 3.74. The van der Waals surface area contributed by atoms with Crippen molar-refractivity contribution in [2.24, 2.45) is 5.84 Å². The van der Waals surface area contributed by atoms with Crippen LogP contribution in [0.2, 0.25) is 0 Å². The van der Waals surface area contributed by atoms with Crippen molar-refractivity contribution in [2.75, 3.05) is 10.7 Å². The molecule has 0 saturated carbocycles. The largest absolute Gasteiger partial charge is 0.318 e.